The highest BCUT2D eigenvalue weighted by molar-refractivity contribution is 6.02. The second-order valence-electron chi connectivity index (χ2n) is 6.08. The molecule has 3 rings (SSSR count). The number of nitrogens with one attached hydrogen (secondary N) is 1. The van der Waals surface area contributed by atoms with E-state index in [4.69, 9.17) is 4.42 Å². The zero-order valence-corrected chi connectivity index (χ0v) is 14.5. The summed E-state index contributed by atoms with van der Waals surface area (Å²) in [4.78, 5) is 25.2. The lowest BCUT2D eigenvalue weighted by Gasteiger charge is -2.16. The monoisotopic (exact) mass is 349 g/mol. The van der Waals surface area contributed by atoms with Crippen LogP contribution in [-0.2, 0) is 6.54 Å². The third-order valence-electron chi connectivity index (χ3n) is 4.08. The third-order valence-corrected chi connectivity index (χ3v) is 4.08. The molecule has 0 bridgehead atoms. The van der Waals surface area contributed by atoms with Crippen LogP contribution in [-0.4, -0.2) is 17.9 Å². The maximum absolute atomic E-state index is 12.9. The number of benzene rings is 2. The molecule has 0 radical (unpaired) electrons. The van der Waals surface area contributed by atoms with Crippen LogP contribution in [0.15, 0.2) is 77.4 Å². The number of quaternary nitrogens is 1. The van der Waals surface area contributed by atoms with Crippen molar-refractivity contribution in [3.63, 3.8) is 0 Å². The lowest BCUT2D eigenvalue weighted by molar-refractivity contribution is -0.693. The van der Waals surface area contributed by atoms with Gasteiger partial charge >= 0.3 is 0 Å². The van der Waals surface area contributed by atoms with Crippen LogP contribution in [0.25, 0.3) is 0 Å². The van der Waals surface area contributed by atoms with Crippen molar-refractivity contribution in [3.8, 4) is 0 Å². The molecule has 1 atom stereocenters. The number of amides is 1. The van der Waals surface area contributed by atoms with E-state index in [0.29, 0.717) is 12.1 Å². The van der Waals surface area contributed by atoms with Crippen LogP contribution in [0.4, 0.5) is 0 Å². The minimum atomic E-state index is -0.740. The quantitative estimate of drug-likeness (QED) is 0.508. The molecule has 0 unspecified atom stereocenters. The molecule has 0 saturated heterocycles. The number of Topliss-reactive ketones (excluding diaryl/α,β-unsaturated/α-hetero) is 1. The van der Waals surface area contributed by atoms with Gasteiger partial charge in [-0.2, -0.15) is 0 Å². The number of hydrogen-bond acceptors (Lipinski definition) is 3. The third kappa shape index (κ3) is 4.46. The van der Waals surface area contributed by atoms with Crippen molar-refractivity contribution in [2.24, 2.45) is 0 Å². The first-order chi connectivity index (χ1) is 12.6. The van der Waals surface area contributed by atoms with E-state index in [2.05, 4.69) is 5.32 Å². The summed E-state index contributed by atoms with van der Waals surface area (Å²) in [6.07, 6.45) is 0.690. The molecular formula is C21H21N2O3+. The highest BCUT2D eigenvalue weighted by atomic mass is 16.3. The van der Waals surface area contributed by atoms with Gasteiger partial charge in [0.25, 0.3) is 5.91 Å². The zero-order chi connectivity index (χ0) is 18.4. The Bertz CT molecular complexity index is 856. The molecular weight excluding hydrogens is 328 g/mol. The van der Waals surface area contributed by atoms with Crippen LogP contribution in [0.2, 0.25) is 0 Å². The molecule has 0 fully saturated rings. The maximum Gasteiger partial charge on any atom is 0.291 e. The Labute approximate surface area is 152 Å². The number of ketones is 1. The highest BCUT2D eigenvalue weighted by Crippen LogP contribution is 2.06. The molecule has 1 aromatic heterocycles. The summed E-state index contributed by atoms with van der Waals surface area (Å²) in [5.74, 6) is -0.384. The average molecular weight is 349 g/mol. The van der Waals surface area contributed by atoms with Gasteiger partial charge in [-0.05, 0) is 19.1 Å². The van der Waals surface area contributed by atoms with Crippen molar-refractivity contribution in [1.82, 2.24) is 5.32 Å². The fraction of sp³-hybridized carbons (Fsp3) is 0.143. The molecule has 5 nitrogen and oxygen atoms in total. The van der Waals surface area contributed by atoms with E-state index in [1.54, 1.807) is 24.3 Å². The first-order valence-electron chi connectivity index (χ1n) is 8.46. The molecule has 3 aromatic rings. The van der Waals surface area contributed by atoms with E-state index in [-0.39, 0.29) is 11.5 Å². The van der Waals surface area contributed by atoms with Crippen LogP contribution >= 0.6 is 0 Å². The molecule has 0 saturated carbocycles. The average Bonchev–Trinajstić information content (AvgIpc) is 3.21. The highest BCUT2D eigenvalue weighted by Gasteiger charge is 2.26. The summed E-state index contributed by atoms with van der Waals surface area (Å²) in [6.45, 7) is 2.54. The molecule has 0 aliphatic rings. The van der Waals surface area contributed by atoms with Gasteiger partial charge in [-0.1, -0.05) is 60.2 Å². The summed E-state index contributed by atoms with van der Waals surface area (Å²) in [6, 6.07) is 20.3. The number of furan rings is 1. The minimum absolute atomic E-state index is 0.152. The molecule has 26 heavy (non-hydrogen) atoms. The van der Waals surface area contributed by atoms with E-state index >= 15 is 0 Å². The summed E-state index contributed by atoms with van der Waals surface area (Å²) >= 11 is 0. The topological polar surface area (TPSA) is 75.9 Å². The lowest BCUT2D eigenvalue weighted by atomic mass is 10.1. The number of hydrogen-bond donors (Lipinski definition) is 2. The molecule has 5 heteroatoms. The van der Waals surface area contributed by atoms with Gasteiger partial charge in [-0.25, -0.2) is 0 Å². The van der Waals surface area contributed by atoms with Gasteiger partial charge in [0.05, 0.1) is 6.26 Å². The number of carbonyl (C=O) groups is 2. The Morgan fingerprint density at radius 3 is 2.38 bits per heavy atom. The van der Waals surface area contributed by atoms with Gasteiger partial charge in [0, 0.05) is 11.1 Å². The Kier molecular flexibility index (Phi) is 5.61. The summed E-state index contributed by atoms with van der Waals surface area (Å²) in [5, 5.41) is 4.58. The predicted molar refractivity (Wildman–Crippen MR) is 97.5 cm³/mol. The zero-order valence-electron chi connectivity index (χ0n) is 14.5. The molecule has 0 aliphatic carbocycles. The van der Waals surface area contributed by atoms with Crippen molar-refractivity contribution in [1.29, 1.82) is 0 Å². The molecule has 132 valence electrons. The normalized spacial score (nSPS) is 11.7. The number of rotatable bonds is 7. The molecule has 1 heterocycles. The second kappa shape index (κ2) is 8.27. The van der Waals surface area contributed by atoms with Crippen molar-refractivity contribution < 1.29 is 19.3 Å². The number of aryl methyl sites for hydroxylation is 1. The van der Waals surface area contributed by atoms with E-state index in [0.717, 1.165) is 11.1 Å². The Morgan fingerprint density at radius 1 is 1.00 bits per heavy atom. The number of carbonyl (C=O) groups excluding carboxylic acids is 2. The summed E-state index contributed by atoms with van der Waals surface area (Å²) < 4.78 is 5.12. The largest absolute Gasteiger partial charge is 0.459 e. The second-order valence-corrected chi connectivity index (χ2v) is 6.08. The SMILES string of the molecule is Cc1ccc(C(=O)[C@@H](NC(=O)c2ccco2)[NH2+]Cc2ccccc2)cc1. The predicted octanol–water partition coefficient (Wildman–Crippen LogP) is 2.29. The fourth-order valence-electron chi connectivity index (χ4n) is 2.62. The van der Waals surface area contributed by atoms with Gasteiger partial charge in [-0.15, -0.1) is 0 Å². The minimum Gasteiger partial charge on any atom is -0.459 e. The molecule has 0 spiro atoms. The molecule has 2 aromatic carbocycles. The van der Waals surface area contributed by atoms with Gasteiger partial charge < -0.3 is 9.73 Å². The standard InChI is InChI=1S/C21H20N2O3/c1-15-9-11-17(12-10-15)19(24)20(22-14-16-6-3-2-4-7-16)23-21(25)18-8-5-13-26-18/h2-13,20,22H,14H2,1H3,(H,23,25)/p+1/t20-/m1/s1. The maximum atomic E-state index is 12.9. The molecule has 3 N–H and O–H groups in total. The van der Waals surface area contributed by atoms with Crippen LogP contribution in [0.3, 0.4) is 0 Å². The van der Waals surface area contributed by atoms with E-state index < -0.39 is 12.1 Å². The fourth-order valence-corrected chi connectivity index (χ4v) is 2.62. The van der Waals surface area contributed by atoms with Crippen molar-refractivity contribution >= 4 is 11.7 Å². The number of nitrogens with two attached hydrogens (primary N) is 1. The first-order valence-corrected chi connectivity index (χ1v) is 8.46. The van der Waals surface area contributed by atoms with Crippen LogP contribution in [0, 0.1) is 6.92 Å². The van der Waals surface area contributed by atoms with Crippen LogP contribution in [0.1, 0.15) is 32.0 Å². The van der Waals surface area contributed by atoms with Gasteiger partial charge in [-0.3, -0.25) is 14.9 Å². The van der Waals surface area contributed by atoms with Crippen molar-refractivity contribution in [2.75, 3.05) is 0 Å². The van der Waals surface area contributed by atoms with E-state index in [1.807, 2.05) is 54.7 Å². The van der Waals surface area contributed by atoms with Gasteiger partial charge in [0.2, 0.25) is 11.9 Å². The first kappa shape index (κ1) is 17.6. The van der Waals surface area contributed by atoms with E-state index in [9.17, 15) is 9.59 Å². The van der Waals surface area contributed by atoms with Crippen LogP contribution < -0.4 is 10.6 Å². The Balaban J connectivity index is 1.76. The smallest absolute Gasteiger partial charge is 0.291 e. The van der Waals surface area contributed by atoms with Crippen molar-refractivity contribution in [3.05, 3.63) is 95.4 Å². The Morgan fingerprint density at radius 2 is 1.73 bits per heavy atom. The van der Waals surface area contributed by atoms with E-state index in [1.165, 1.54) is 6.26 Å². The summed E-state index contributed by atoms with van der Waals surface area (Å²) in [5.41, 5.74) is 2.71. The van der Waals surface area contributed by atoms with Crippen molar-refractivity contribution in [2.45, 2.75) is 19.6 Å². The van der Waals surface area contributed by atoms with Gasteiger partial charge in [0.15, 0.2) is 5.76 Å². The van der Waals surface area contributed by atoms with Gasteiger partial charge in [0.1, 0.15) is 6.54 Å². The lowest BCUT2D eigenvalue weighted by Crippen LogP contribution is -2.94. The summed E-state index contributed by atoms with van der Waals surface area (Å²) in [7, 11) is 0. The molecule has 1 amide bonds. The van der Waals surface area contributed by atoms with Crippen LogP contribution in [0.5, 0.6) is 0 Å². The molecule has 0 aliphatic heterocycles. The Hall–Kier alpha value is -3.18.